The maximum Gasteiger partial charge on any atom is 0.425 e. The van der Waals surface area contributed by atoms with E-state index in [0.717, 1.165) is 34.1 Å². The van der Waals surface area contributed by atoms with Crippen LogP contribution in [-0.2, 0) is 52.1 Å². The van der Waals surface area contributed by atoms with Gasteiger partial charge in [0.1, 0.15) is 47.9 Å². The maximum absolute atomic E-state index is 17.1. The molecule has 2 aliphatic heterocycles. The van der Waals surface area contributed by atoms with Gasteiger partial charge in [-0.1, -0.05) is 196 Å². The molecule has 2 aliphatic rings. The van der Waals surface area contributed by atoms with Crippen LogP contribution in [0.1, 0.15) is 68.7 Å². The largest absolute Gasteiger partial charge is 0.497 e. The van der Waals surface area contributed by atoms with Crippen LogP contribution in [0.5, 0.6) is 23.3 Å². The first-order valence-electron chi connectivity index (χ1n) is 39.6. The summed E-state index contributed by atoms with van der Waals surface area (Å²) in [7, 11) is 3.17. The highest BCUT2D eigenvalue weighted by molar-refractivity contribution is 8.89. The first-order valence-corrected chi connectivity index (χ1v) is 47.0. The maximum atomic E-state index is 17.1. The fourth-order valence-corrected chi connectivity index (χ4v) is 24.6. The third kappa shape index (κ3) is 19.7. The Kier molecular flexibility index (Phi) is 26.8. The SMILES string of the molecule is CCC(=O)Nc1nc(OC(=O)N(c2ccccc2)c2ccccc2)c2ncn([C@H]3C[C@H](OP(=O)(OC[C@H]4O[C@@H](n5cnc6c(OC(=O)N(c7ccccc7)c7ccccc7)nc(NC(=O)CC)nc65)C[C@@H]4OP(=O)(Sc4ccccc4)Sc4ccccc4)Sc4ccccc4)[C@@H](COC(c4ccccc4)(c4ccc(OC)cc4)c4ccc(OC)cc4)O3)c2n1. The second kappa shape index (κ2) is 39.0. The van der Waals surface area contributed by atoms with Crippen molar-refractivity contribution >= 4 is 128 Å². The fraction of sp³-hybridized carbons (Fsp3) is 0.187. The highest BCUT2D eigenvalue weighted by Crippen LogP contribution is 2.75. The van der Waals surface area contributed by atoms with E-state index in [-0.39, 0.29) is 78.3 Å². The summed E-state index contributed by atoms with van der Waals surface area (Å²) < 4.78 is 104. The van der Waals surface area contributed by atoms with Crippen LogP contribution in [0, 0.1) is 0 Å². The van der Waals surface area contributed by atoms with Crippen LogP contribution >= 0.6 is 46.7 Å². The molecule has 33 heteroatoms. The molecule has 0 bridgehead atoms. The van der Waals surface area contributed by atoms with Crippen molar-refractivity contribution in [2.45, 2.75) is 96.7 Å². The number of aromatic nitrogens is 8. The average Bonchev–Trinajstić information content (AvgIpc) is 1.25. The standard InChI is InChI=1S/C91H82N12O16P2S3/c1-5-77(104)94-87-96-83-81(85(98-87)116-89(106)102(64-33-17-8-18-34-64)65-35-19-9-20-36-65)92-59-100(83)79-55-73(75(114-79)57-112-91(61-31-15-7-16-32-61,62-47-51-68(110-3)52-48-62)63-49-53-69(111-4)54-50-63)118-120(108,122-70-41-25-12-26-42-70)113-58-76-74(119-121(109,123-71-43-27-13-28-44-71)124-72-45-29-14-30-46-72)56-80(115-76)101-60-93-82-84(101)97-88(95-78(105)6-2)99-86(82)117-90(107)103(66-37-21-10-22-38-66)67-39-23-11-24-40-67/h7-54,59-60,73-76,79-80H,5-6,55-58H2,1-4H3,(H,94,96,98,104)(H,95,97,99,105)/t73-,74-,75+,76+,79+,80+,120?/m0/s1. The van der Waals surface area contributed by atoms with E-state index in [2.05, 4.69) is 20.6 Å². The molecule has 6 heterocycles. The van der Waals surface area contributed by atoms with Gasteiger partial charge in [0.25, 0.3) is 11.8 Å². The minimum atomic E-state index is -4.76. The van der Waals surface area contributed by atoms with Gasteiger partial charge in [-0.25, -0.2) is 33.9 Å². The minimum absolute atomic E-state index is 0.00122. The fourth-order valence-electron chi connectivity index (χ4n) is 14.2. The predicted octanol–water partition coefficient (Wildman–Crippen LogP) is 21.0. The van der Waals surface area contributed by atoms with Crippen LogP contribution in [0.15, 0.2) is 319 Å². The number of rotatable bonds is 33. The van der Waals surface area contributed by atoms with E-state index < -0.39 is 85.7 Å². The predicted molar refractivity (Wildman–Crippen MR) is 474 cm³/mol. The van der Waals surface area contributed by atoms with Gasteiger partial charge in [-0.2, -0.15) is 19.9 Å². The summed E-state index contributed by atoms with van der Waals surface area (Å²) in [6.07, 6.45) is -6.18. The highest BCUT2D eigenvalue weighted by atomic mass is 33.1. The number of anilines is 6. The summed E-state index contributed by atoms with van der Waals surface area (Å²) in [6.45, 7) is -2.30. The van der Waals surface area contributed by atoms with Gasteiger partial charge in [-0.05, 0) is 160 Å². The van der Waals surface area contributed by atoms with E-state index in [1.54, 1.807) is 159 Å². The average molecular weight is 1760 g/mol. The van der Waals surface area contributed by atoms with Crippen molar-refractivity contribution < 1.29 is 75.0 Å². The summed E-state index contributed by atoms with van der Waals surface area (Å²) in [5.74, 6) is -4.84. The van der Waals surface area contributed by atoms with E-state index in [1.807, 2.05) is 170 Å². The number of methoxy groups -OCH3 is 2. The number of imidazole rings is 2. The zero-order chi connectivity index (χ0) is 85.6. The van der Waals surface area contributed by atoms with Gasteiger partial charge in [0.2, 0.25) is 23.7 Å². The smallest absolute Gasteiger partial charge is 0.425 e. The Balaban J connectivity index is 0.796. The van der Waals surface area contributed by atoms with E-state index in [0.29, 0.717) is 65.6 Å². The molecule has 4 amide bonds. The minimum Gasteiger partial charge on any atom is -0.497 e. The van der Waals surface area contributed by atoms with E-state index in [4.69, 9.17) is 66.7 Å². The third-order valence-corrected chi connectivity index (χ3v) is 30.1. The molecule has 16 rings (SSSR count). The second-order valence-corrected chi connectivity index (χ2v) is 39.1. The molecule has 28 nitrogen and oxygen atoms in total. The van der Waals surface area contributed by atoms with E-state index >= 15 is 9.13 Å². The van der Waals surface area contributed by atoms with Crippen LogP contribution in [0.2, 0.25) is 0 Å². The Morgan fingerprint density at radius 3 is 1.17 bits per heavy atom. The first kappa shape index (κ1) is 85.2. The number of para-hydroxylation sites is 4. The molecular weight excluding hydrogens is 1680 g/mol. The van der Waals surface area contributed by atoms with Crippen molar-refractivity contribution in [1.29, 1.82) is 0 Å². The number of amides is 4. The Bertz CT molecular complexity index is 5950. The molecule has 4 aromatic heterocycles. The van der Waals surface area contributed by atoms with Crippen molar-refractivity contribution in [1.82, 2.24) is 39.0 Å². The lowest BCUT2D eigenvalue weighted by molar-refractivity contribution is -0.116. The van der Waals surface area contributed by atoms with Gasteiger partial charge in [0.15, 0.2) is 22.3 Å². The summed E-state index contributed by atoms with van der Waals surface area (Å²) in [5.41, 5.74) is 2.63. The first-order chi connectivity index (χ1) is 60.5. The van der Waals surface area contributed by atoms with Gasteiger partial charge in [0, 0.05) is 40.4 Å². The van der Waals surface area contributed by atoms with Crippen molar-refractivity contribution in [3.63, 3.8) is 0 Å². The lowest BCUT2D eigenvalue weighted by Gasteiger charge is -2.37. The number of hydrogen-bond donors (Lipinski definition) is 2. The molecule has 2 saturated heterocycles. The van der Waals surface area contributed by atoms with Crippen molar-refractivity contribution in [2.75, 3.05) is 47.9 Å². The molecule has 0 spiro atoms. The van der Waals surface area contributed by atoms with Gasteiger partial charge < -0.3 is 37.7 Å². The van der Waals surface area contributed by atoms with Crippen LogP contribution in [0.4, 0.5) is 44.2 Å². The third-order valence-electron chi connectivity index (χ3n) is 20.1. The number of nitrogens with zero attached hydrogens (tertiary/aromatic N) is 10. The molecule has 0 radical (unpaired) electrons. The summed E-state index contributed by atoms with van der Waals surface area (Å²) in [6, 6.07) is 87.5. The normalized spacial score (nSPS) is 16.9. The van der Waals surface area contributed by atoms with Gasteiger partial charge >= 0.3 is 24.8 Å². The zero-order valence-corrected chi connectivity index (χ0v) is 71.4. The number of hydrogen-bond acceptors (Lipinski definition) is 25. The number of nitrogens with one attached hydrogen (secondary N) is 2. The summed E-state index contributed by atoms with van der Waals surface area (Å²) in [4.78, 5) is 89.3. The van der Waals surface area contributed by atoms with E-state index in [9.17, 15) is 19.2 Å². The Labute approximate surface area is 725 Å². The molecule has 0 saturated carbocycles. The topological polar surface area (TPSA) is 312 Å². The number of benzene rings is 10. The van der Waals surface area contributed by atoms with Crippen LogP contribution in [-0.4, -0.2) is 115 Å². The lowest BCUT2D eigenvalue weighted by Crippen LogP contribution is -2.38. The number of ether oxygens (including phenoxy) is 7. The van der Waals surface area contributed by atoms with Crippen LogP contribution in [0.3, 0.4) is 0 Å². The summed E-state index contributed by atoms with van der Waals surface area (Å²) >= 11 is 2.90. The number of carbonyl (C=O) groups excluding carboxylic acids is 4. The zero-order valence-electron chi connectivity index (χ0n) is 67.2. The van der Waals surface area contributed by atoms with Gasteiger partial charge in [-0.3, -0.25) is 43.0 Å². The molecule has 630 valence electrons. The monoisotopic (exact) mass is 1760 g/mol. The molecule has 10 aromatic carbocycles. The molecular formula is C91H82N12O16P2S3. The molecule has 1 unspecified atom stereocenters. The van der Waals surface area contributed by atoms with Gasteiger partial charge in [-0.15, -0.1) is 0 Å². The second-order valence-electron chi connectivity index (χ2n) is 28.1. The van der Waals surface area contributed by atoms with Crippen molar-refractivity contribution in [2.24, 2.45) is 0 Å². The Morgan fingerprint density at radius 2 is 0.790 bits per heavy atom. The molecule has 124 heavy (non-hydrogen) atoms. The molecule has 0 aliphatic carbocycles. The van der Waals surface area contributed by atoms with Crippen molar-refractivity contribution in [3.05, 3.63) is 321 Å². The molecule has 2 fully saturated rings. The quantitative estimate of drug-likeness (QED) is 0.0285. The molecule has 7 atom stereocenters. The summed E-state index contributed by atoms with van der Waals surface area (Å²) in [5, 5.41) is 5.48. The Morgan fingerprint density at radius 1 is 0.444 bits per heavy atom. The van der Waals surface area contributed by atoms with Crippen LogP contribution in [0.25, 0.3) is 22.3 Å². The van der Waals surface area contributed by atoms with Gasteiger partial charge in [0.05, 0.1) is 68.9 Å². The molecule has 14 aromatic rings. The van der Waals surface area contributed by atoms with Crippen molar-refractivity contribution in [3.8, 4) is 23.3 Å². The molecule has 2 N–H and O–H groups in total. The lowest BCUT2D eigenvalue weighted by atomic mass is 9.80. The van der Waals surface area contributed by atoms with Crippen LogP contribution < -0.4 is 39.4 Å². The highest BCUT2D eigenvalue weighted by Gasteiger charge is 2.49. The number of carbonyl (C=O) groups is 4. The Hall–Kier alpha value is -12.4. The van der Waals surface area contributed by atoms with E-state index in [1.165, 1.54) is 22.5 Å². The number of fused-ring (bicyclic) bond motifs is 2.